The average molecular weight is 229 g/mol. The van der Waals surface area contributed by atoms with Crippen LogP contribution in [0.15, 0.2) is 29.4 Å². The largest absolute Gasteiger partial charge is 0.140 e. The van der Waals surface area contributed by atoms with Gasteiger partial charge in [0.2, 0.25) is 0 Å². The highest BCUT2D eigenvalue weighted by Gasteiger charge is 2.23. The predicted molar refractivity (Wildman–Crippen MR) is 66.7 cm³/mol. The minimum absolute atomic E-state index is 0.467. The molecule has 3 rings (SSSR count). The standard InChI is InChI=1S/C12H11N3S/c13-15-14-7-11-5-10-4-3-9(8-1-2-8)6-12(10)16-11/h3-6,8H,1-2,7H2. The molecule has 0 radical (unpaired) electrons. The van der Waals surface area contributed by atoms with Gasteiger partial charge in [-0.2, -0.15) is 0 Å². The van der Waals surface area contributed by atoms with Crippen molar-refractivity contribution in [3.8, 4) is 0 Å². The summed E-state index contributed by atoms with van der Waals surface area (Å²) < 4.78 is 1.31. The Kier molecular flexibility index (Phi) is 2.31. The van der Waals surface area contributed by atoms with Crippen molar-refractivity contribution in [2.75, 3.05) is 0 Å². The van der Waals surface area contributed by atoms with Gasteiger partial charge in [0, 0.05) is 14.5 Å². The first kappa shape index (κ1) is 9.70. The van der Waals surface area contributed by atoms with Crippen molar-refractivity contribution in [2.45, 2.75) is 25.3 Å². The number of thiophene rings is 1. The molecule has 0 atom stereocenters. The Morgan fingerprint density at radius 2 is 2.25 bits per heavy atom. The van der Waals surface area contributed by atoms with Gasteiger partial charge >= 0.3 is 0 Å². The van der Waals surface area contributed by atoms with Crippen LogP contribution in [-0.2, 0) is 6.54 Å². The van der Waals surface area contributed by atoms with Crippen molar-refractivity contribution in [1.29, 1.82) is 0 Å². The van der Waals surface area contributed by atoms with E-state index in [2.05, 4.69) is 34.3 Å². The number of hydrogen-bond acceptors (Lipinski definition) is 2. The van der Waals surface area contributed by atoms with Crippen LogP contribution in [0.5, 0.6) is 0 Å². The summed E-state index contributed by atoms with van der Waals surface area (Å²) in [7, 11) is 0. The second kappa shape index (κ2) is 3.81. The van der Waals surface area contributed by atoms with Crippen molar-refractivity contribution in [3.63, 3.8) is 0 Å². The second-order valence-electron chi connectivity index (χ2n) is 4.17. The zero-order valence-corrected chi connectivity index (χ0v) is 9.57. The lowest BCUT2D eigenvalue weighted by molar-refractivity contribution is 1.08. The summed E-state index contributed by atoms with van der Waals surface area (Å²) in [5.74, 6) is 0.798. The number of hydrogen-bond donors (Lipinski definition) is 0. The molecule has 1 aromatic carbocycles. The van der Waals surface area contributed by atoms with Gasteiger partial charge in [0.05, 0.1) is 6.54 Å². The number of benzene rings is 1. The Morgan fingerprint density at radius 3 is 3.00 bits per heavy atom. The maximum atomic E-state index is 8.29. The van der Waals surface area contributed by atoms with Crippen LogP contribution in [0.3, 0.4) is 0 Å². The summed E-state index contributed by atoms with van der Waals surface area (Å²) in [5, 5.41) is 4.86. The van der Waals surface area contributed by atoms with E-state index < -0.39 is 0 Å². The Balaban J connectivity index is 1.99. The lowest BCUT2D eigenvalue weighted by Gasteiger charge is -1.96. The summed E-state index contributed by atoms with van der Waals surface area (Å²) >= 11 is 1.73. The van der Waals surface area contributed by atoms with Crippen molar-refractivity contribution < 1.29 is 0 Å². The zero-order valence-electron chi connectivity index (χ0n) is 8.76. The Labute approximate surface area is 97.3 Å². The predicted octanol–water partition coefficient (Wildman–Crippen LogP) is 4.59. The molecular weight excluding hydrogens is 218 g/mol. The molecule has 1 saturated carbocycles. The second-order valence-corrected chi connectivity index (χ2v) is 5.34. The van der Waals surface area contributed by atoms with Gasteiger partial charge in [0.25, 0.3) is 0 Å². The van der Waals surface area contributed by atoms with Gasteiger partial charge in [-0.3, -0.25) is 0 Å². The smallest absolute Gasteiger partial charge is 0.0605 e. The van der Waals surface area contributed by atoms with E-state index >= 15 is 0 Å². The average Bonchev–Trinajstić information content (AvgIpc) is 3.06. The number of nitrogens with zero attached hydrogens (tertiary/aromatic N) is 3. The minimum atomic E-state index is 0.467. The maximum absolute atomic E-state index is 8.29. The van der Waals surface area contributed by atoms with E-state index in [0.717, 1.165) is 10.8 Å². The highest BCUT2D eigenvalue weighted by molar-refractivity contribution is 7.19. The topological polar surface area (TPSA) is 48.8 Å². The van der Waals surface area contributed by atoms with Crippen LogP contribution in [0.25, 0.3) is 20.5 Å². The fraction of sp³-hybridized carbons (Fsp3) is 0.333. The first-order valence-corrected chi connectivity index (χ1v) is 6.22. The maximum Gasteiger partial charge on any atom is 0.0605 e. The highest BCUT2D eigenvalue weighted by Crippen LogP contribution is 2.41. The zero-order chi connectivity index (χ0) is 11.0. The summed E-state index contributed by atoms with van der Waals surface area (Å²) in [6.45, 7) is 0.467. The summed E-state index contributed by atoms with van der Waals surface area (Å²) in [6, 6.07) is 8.81. The van der Waals surface area contributed by atoms with Crippen LogP contribution in [0, 0.1) is 0 Å². The van der Waals surface area contributed by atoms with Crippen LogP contribution in [0.1, 0.15) is 29.2 Å². The molecule has 2 aromatic rings. The molecule has 0 spiro atoms. The van der Waals surface area contributed by atoms with Gasteiger partial charge in [0.15, 0.2) is 0 Å². The van der Waals surface area contributed by atoms with Crippen molar-refractivity contribution >= 4 is 21.4 Å². The molecule has 0 bridgehead atoms. The quantitative estimate of drug-likeness (QED) is 0.420. The van der Waals surface area contributed by atoms with Crippen LogP contribution in [0.4, 0.5) is 0 Å². The van der Waals surface area contributed by atoms with Gasteiger partial charge in [-0.25, -0.2) is 0 Å². The van der Waals surface area contributed by atoms with Crippen LogP contribution < -0.4 is 0 Å². The molecule has 1 heterocycles. The molecule has 0 N–H and O–H groups in total. The molecule has 0 amide bonds. The Bertz CT molecular complexity index is 577. The van der Waals surface area contributed by atoms with Crippen molar-refractivity contribution in [2.24, 2.45) is 5.11 Å². The molecule has 0 saturated heterocycles. The normalized spacial score (nSPS) is 15.0. The van der Waals surface area contributed by atoms with Crippen LogP contribution in [-0.4, -0.2) is 0 Å². The molecule has 1 aliphatic carbocycles. The van der Waals surface area contributed by atoms with E-state index in [4.69, 9.17) is 5.53 Å². The van der Waals surface area contributed by atoms with E-state index in [1.54, 1.807) is 11.3 Å². The molecular formula is C12H11N3S. The molecule has 0 unspecified atom stereocenters. The van der Waals surface area contributed by atoms with E-state index in [-0.39, 0.29) is 0 Å². The molecule has 16 heavy (non-hydrogen) atoms. The van der Waals surface area contributed by atoms with Gasteiger partial charge in [-0.15, -0.1) is 11.3 Å². The number of azide groups is 1. The van der Waals surface area contributed by atoms with E-state index in [0.29, 0.717) is 6.54 Å². The highest BCUT2D eigenvalue weighted by atomic mass is 32.1. The molecule has 0 aliphatic heterocycles. The van der Waals surface area contributed by atoms with Gasteiger partial charge in [-0.05, 0) is 47.4 Å². The molecule has 4 heteroatoms. The monoisotopic (exact) mass is 229 g/mol. The molecule has 1 fully saturated rings. The van der Waals surface area contributed by atoms with E-state index in [1.165, 1.54) is 28.5 Å². The molecule has 3 nitrogen and oxygen atoms in total. The van der Waals surface area contributed by atoms with Gasteiger partial charge in [-0.1, -0.05) is 17.2 Å². The van der Waals surface area contributed by atoms with Gasteiger partial charge in [0.1, 0.15) is 0 Å². The summed E-state index contributed by atoms with van der Waals surface area (Å²) in [4.78, 5) is 3.93. The first-order chi connectivity index (χ1) is 7.86. The minimum Gasteiger partial charge on any atom is -0.140 e. The van der Waals surface area contributed by atoms with Crippen LogP contribution >= 0.6 is 11.3 Å². The fourth-order valence-corrected chi connectivity index (χ4v) is 2.98. The van der Waals surface area contributed by atoms with E-state index in [9.17, 15) is 0 Å². The Hall–Kier alpha value is -1.51. The third-order valence-electron chi connectivity index (χ3n) is 2.93. The summed E-state index contributed by atoms with van der Waals surface area (Å²) in [5.41, 5.74) is 9.75. The third kappa shape index (κ3) is 1.77. The van der Waals surface area contributed by atoms with Crippen molar-refractivity contribution in [3.05, 3.63) is 45.1 Å². The Morgan fingerprint density at radius 1 is 1.38 bits per heavy atom. The third-order valence-corrected chi connectivity index (χ3v) is 4.02. The fourth-order valence-electron chi connectivity index (χ4n) is 1.95. The number of rotatable bonds is 3. The number of fused-ring (bicyclic) bond motifs is 1. The lowest BCUT2D eigenvalue weighted by Crippen LogP contribution is -1.75. The van der Waals surface area contributed by atoms with Crippen LogP contribution in [0.2, 0.25) is 0 Å². The molecule has 1 aromatic heterocycles. The van der Waals surface area contributed by atoms with Gasteiger partial charge < -0.3 is 0 Å². The summed E-state index contributed by atoms with van der Waals surface area (Å²) in [6.07, 6.45) is 2.67. The van der Waals surface area contributed by atoms with E-state index in [1.807, 2.05) is 0 Å². The molecule has 1 aliphatic rings. The van der Waals surface area contributed by atoms with Crippen molar-refractivity contribution in [1.82, 2.24) is 0 Å². The lowest BCUT2D eigenvalue weighted by atomic mass is 10.1. The molecule has 80 valence electrons. The SMILES string of the molecule is [N-]=[N+]=NCc1cc2ccc(C3CC3)cc2s1. The first-order valence-electron chi connectivity index (χ1n) is 5.40.